The second kappa shape index (κ2) is 5.42. The molecule has 2 N–H and O–H groups in total. The molecular formula is C15H16N2O2S. The Bertz CT molecular complexity index is 639. The highest BCUT2D eigenvalue weighted by Gasteiger charge is 2.37. The van der Waals surface area contributed by atoms with Gasteiger partial charge in [-0.1, -0.05) is 18.2 Å². The Balaban J connectivity index is 1.80. The predicted octanol–water partition coefficient (Wildman–Crippen LogP) is 2.43. The van der Waals surface area contributed by atoms with Crippen molar-refractivity contribution in [2.24, 2.45) is 0 Å². The molecule has 4 nitrogen and oxygen atoms in total. The third-order valence-electron chi connectivity index (χ3n) is 3.59. The second-order valence-electron chi connectivity index (χ2n) is 5.01. The molecule has 1 fully saturated rings. The number of nitrogens with one attached hydrogen (secondary N) is 1. The van der Waals surface area contributed by atoms with Gasteiger partial charge in [-0.25, -0.2) is 0 Å². The molecule has 20 heavy (non-hydrogen) atoms. The molecule has 1 aromatic carbocycles. The van der Waals surface area contributed by atoms with Crippen LogP contribution in [0, 0.1) is 0 Å². The number of anilines is 1. The highest BCUT2D eigenvalue weighted by atomic mass is 32.2. The van der Waals surface area contributed by atoms with Crippen molar-refractivity contribution in [3.8, 4) is 0 Å². The molecule has 0 saturated carbocycles. The lowest BCUT2D eigenvalue weighted by molar-refractivity contribution is -0.134. The Hall–Kier alpha value is -1.59. The molecule has 2 heterocycles. The Labute approximate surface area is 121 Å². The van der Waals surface area contributed by atoms with Gasteiger partial charge in [0.15, 0.2) is 0 Å². The lowest BCUT2D eigenvalue weighted by Gasteiger charge is -2.30. The monoisotopic (exact) mass is 288 g/mol. The van der Waals surface area contributed by atoms with Crippen molar-refractivity contribution in [3.05, 3.63) is 36.5 Å². The number of nitrogens with zero attached hydrogens (tertiary/aromatic N) is 1. The zero-order chi connectivity index (χ0) is 14.0. The van der Waals surface area contributed by atoms with Gasteiger partial charge in [0, 0.05) is 5.39 Å². The van der Waals surface area contributed by atoms with Crippen molar-refractivity contribution in [1.82, 2.24) is 4.98 Å². The molecule has 3 rings (SSSR count). The second-order valence-corrected chi connectivity index (χ2v) is 6.24. The van der Waals surface area contributed by atoms with E-state index in [2.05, 4.69) is 10.3 Å². The number of rotatable bonds is 2. The largest absolute Gasteiger partial charge is 0.380 e. The lowest BCUT2D eigenvalue weighted by Crippen LogP contribution is -2.45. The number of para-hydroxylation sites is 1. The predicted molar refractivity (Wildman–Crippen MR) is 81.9 cm³/mol. The fraction of sp³-hybridized carbons (Fsp3) is 0.333. The van der Waals surface area contributed by atoms with Crippen LogP contribution in [0.25, 0.3) is 10.9 Å². The highest BCUT2D eigenvalue weighted by Crippen LogP contribution is 2.28. The summed E-state index contributed by atoms with van der Waals surface area (Å²) in [5, 5.41) is 14.1. The molecule has 2 aromatic rings. The summed E-state index contributed by atoms with van der Waals surface area (Å²) in [6.45, 7) is 0. The van der Waals surface area contributed by atoms with E-state index in [1.807, 2.05) is 30.3 Å². The molecule has 0 bridgehead atoms. The smallest absolute Gasteiger partial charge is 0.256 e. The van der Waals surface area contributed by atoms with Crippen LogP contribution in [0.5, 0.6) is 0 Å². The normalized spacial score (nSPS) is 17.9. The molecule has 0 spiro atoms. The number of fused-ring (bicyclic) bond motifs is 1. The van der Waals surface area contributed by atoms with Crippen LogP contribution in [-0.2, 0) is 4.79 Å². The zero-order valence-electron chi connectivity index (χ0n) is 11.0. The van der Waals surface area contributed by atoms with E-state index in [0.717, 1.165) is 22.4 Å². The first-order valence-electron chi connectivity index (χ1n) is 6.64. The van der Waals surface area contributed by atoms with E-state index in [1.54, 1.807) is 18.0 Å². The number of benzene rings is 1. The molecule has 1 saturated heterocycles. The van der Waals surface area contributed by atoms with Gasteiger partial charge in [-0.15, -0.1) is 0 Å². The molecule has 1 aromatic heterocycles. The maximum absolute atomic E-state index is 12.2. The van der Waals surface area contributed by atoms with Gasteiger partial charge in [0.1, 0.15) is 5.60 Å². The van der Waals surface area contributed by atoms with Gasteiger partial charge in [-0.05, 0) is 36.5 Å². The van der Waals surface area contributed by atoms with Crippen molar-refractivity contribution in [1.29, 1.82) is 0 Å². The number of pyridine rings is 1. The minimum Gasteiger partial charge on any atom is -0.380 e. The number of amides is 1. The fourth-order valence-electron chi connectivity index (χ4n) is 2.32. The third kappa shape index (κ3) is 2.64. The Kier molecular flexibility index (Phi) is 3.63. The van der Waals surface area contributed by atoms with E-state index in [1.165, 1.54) is 0 Å². The molecular weight excluding hydrogens is 272 g/mol. The SMILES string of the molecule is O=C(Nc1cnc2ccccc2c1)C1(O)CCSCC1. The quantitative estimate of drug-likeness (QED) is 0.891. The Morgan fingerprint density at radius 3 is 2.85 bits per heavy atom. The molecule has 104 valence electrons. The van der Waals surface area contributed by atoms with E-state index in [-0.39, 0.29) is 5.91 Å². The van der Waals surface area contributed by atoms with Crippen molar-refractivity contribution < 1.29 is 9.90 Å². The third-order valence-corrected chi connectivity index (χ3v) is 4.58. The summed E-state index contributed by atoms with van der Waals surface area (Å²) in [4.78, 5) is 16.5. The van der Waals surface area contributed by atoms with Crippen molar-refractivity contribution in [2.75, 3.05) is 16.8 Å². The van der Waals surface area contributed by atoms with Gasteiger partial charge in [0.2, 0.25) is 0 Å². The summed E-state index contributed by atoms with van der Waals surface area (Å²) in [5.41, 5.74) is 0.273. The summed E-state index contributed by atoms with van der Waals surface area (Å²) < 4.78 is 0. The summed E-state index contributed by atoms with van der Waals surface area (Å²) >= 11 is 1.77. The summed E-state index contributed by atoms with van der Waals surface area (Å²) in [7, 11) is 0. The van der Waals surface area contributed by atoms with Crippen LogP contribution in [0.4, 0.5) is 5.69 Å². The van der Waals surface area contributed by atoms with Gasteiger partial charge < -0.3 is 10.4 Å². The van der Waals surface area contributed by atoms with E-state index < -0.39 is 5.60 Å². The fourth-order valence-corrected chi connectivity index (χ4v) is 3.49. The first-order valence-corrected chi connectivity index (χ1v) is 7.79. The van der Waals surface area contributed by atoms with Crippen LogP contribution in [0.2, 0.25) is 0 Å². The topological polar surface area (TPSA) is 62.2 Å². The first-order chi connectivity index (χ1) is 9.67. The van der Waals surface area contributed by atoms with Crippen LogP contribution >= 0.6 is 11.8 Å². The van der Waals surface area contributed by atoms with Crippen LogP contribution < -0.4 is 5.32 Å². The van der Waals surface area contributed by atoms with Crippen LogP contribution in [-0.4, -0.2) is 33.1 Å². The average Bonchev–Trinajstić information content (AvgIpc) is 2.48. The molecule has 1 amide bonds. The highest BCUT2D eigenvalue weighted by molar-refractivity contribution is 7.99. The maximum Gasteiger partial charge on any atom is 0.256 e. The number of hydrogen-bond acceptors (Lipinski definition) is 4. The molecule has 1 aliphatic heterocycles. The Morgan fingerprint density at radius 2 is 2.05 bits per heavy atom. The van der Waals surface area contributed by atoms with Gasteiger partial charge >= 0.3 is 0 Å². The zero-order valence-corrected chi connectivity index (χ0v) is 11.8. The molecule has 0 radical (unpaired) electrons. The number of thioether (sulfide) groups is 1. The van der Waals surface area contributed by atoms with Crippen molar-refractivity contribution in [3.63, 3.8) is 0 Å². The van der Waals surface area contributed by atoms with E-state index in [4.69, 9.17) is 0 Å². The number of aliphatic hydroxyl groups is 1. The molecule has 1 aliphatic rings. The minimum absolute atomic E-state index is 0.324. The molecule has 5 heteroatoms. The number of carbonyl (C=O) groups is 1. The number of aromatic nitrogens is 1. The summed E-state index contributed by atoms with van der Waals surface area (Å²) in [6.07, 6.45) is 2.64. The molecule has 0 aliphatic carbocycles. The maximum atomic E-state index is 12.2. The number of hydrogen-bond donors (Lipinski definition) is 2. The average molecular weight is 288 g/mol. The molecule has 0 unspecified atom stereocenters. The van der Waals surface area contributed by atoms with Crippen LogP contribution in [0.1, 0.15) is 12.8 Å². The van der Waals surface area contributed by atoms with Crippen molar-refractivity contribution >= 4 is 34.3 Å². The van der Waals surface area contributed by atoms with E-state index in [9.17, 15) is 9.90 Å². The molecule has 0 atom stereocenters. The summed E-state index contributed by atoms with van der Waals surface area (Å²) in [6, 6.07) is 9.61. The first kappa shape index (κ1) is 13.4. The van der Waals surface area contributed by atoms with E-state index in [0.29, 0.717) is 18.5 Å². The van der Waals surface area contributed by atoms with Gasteiger partial charge in [-0.2, -0.15) is 11.8 Å². The van der Waals surface area contributed by atoms with Crippen LogP contribution in [0.15, 0.2) is 36.5 Å². The van der Waals surface area contributed by atoms with E-state index >= 15 is 0 Å². The van der Waals surface area contributed by atoms with Crippen molar-refractivity contribution in [2.45, 2.75) is 18.4 Å². The van der Waals surface area contributed by atoms with Gasteiger partial charge in [-0.3, -0.25) is 9.78 Å². The van der Waals surface area contributed by atoms with Gasteiger partial charge in [0.25, 0.3) is 5.91 Å². The Morgan fingerprint density at radius 1 is 1.30 bits per heavy atom. The van der Waals surface area contributed by atoms with Gasteiger partial charge in [0.05, 0.1) is 17.4 Å². The number of carbonyl (C=O) groups excluding carboxylic acids is 1. The summed E-state index contributed by atoms with van der Waals surface area (Å²) in [5.74, 6) is 1.31. The minimum atomic E-state index is -1.24. The lowest BCUT2D eigenvalue weighted by atomic mass is 9.95. The standard InChI is InChI=1S/C15H16N2O2S/c18-14(15(19)5-7-20-8-6-15)17-12-9-11-3-1-2-4-13(11)16-10-12/h1-4,9-10,19H,5-8H2,(H,17,18). The van der Waals surface area contributed by atoms with Crippen LogP contribution in [0.3, 0.4) is 0 Å².